The summed E-state index contributed by atoms with van der Waals surface area (Å²) in [5, 5.41) is 13.0. The lowest BCUT2D eigenvalue weighted by atomic mass is 9.96. The summed E-state index contributed by atoms with van der Waals surface area (Å²) in [7, 11) is 1.61. The molecule has 2 aromatic rings. The first-order valence-electron chi connectivity index (χ1n) is 7.68. The zero-order valence-electron chi connectivity index (χ0n) is 13.0. The first-order valence-corrected chi connectivity index (χ1v) is 8.50. The summed E-state index contributed by atoms with van der Waals surface area (Å²) in [5.74, 6) is 0.678. The highest BCUT2D eigenvalue weighted by atomic mass is 32.1. The number of fused-ring (bicyclic) bond motifs is 1. The average molecular weight is 326 g/mol. The topological polar surface area (TPSA) is 62.1 Å². The molecule has 1 aliphatic carbocycles. The Kier molecular flexibility index (Phi) is 4.63. The number of nitrogens with one attached hydrogen (secondary N) is 1. The Labute approximate surface area is 139 Å². The fraction of sp³-hybridized carbons (Fsp3) is 0.333. The molecule has 1 aromatic heterocycles. The van der Waals surface area contributed by atoms with Gasteiger partial charge in [-0.1, -0.05) is 12.1 Å². The average Bonchev–Trinajstić information content (AvgIpc) is 2.92. The van der Waals surface area contributed by atoms with Gasteiger partial charge in [-0.05, 0) is 48.9 Å². The highest BCUT2D eigenvalue weighted by molar-refractivity contribution is 7.16. The number of methoxy groups -OCH3 is 1. The van der Waals surface area contributed by atoms with E-state index in [0.29, 0.717) is 10.6 Å². The number of ether oxygens (including phenoxy) is 1. The van der Waals surface area contributed by atoms with E-state index in [1.165, 1.54) is 4.88 Å². The summed E-state index contributed by atoms with van der Waals surface area (Å²) in [6.07, 6.45) is 4.54. The number of hydrogen-bond donors (Lipinski definition) is 1. The molecule has 0 unspecified atom stereocenters. The molecule has 0 spiro atoms. The van der Waals surface area contributed by atoms with Gasteiger partial charge in [-0.2, -0.15) is 5.26 Å². The highest BCUT2D eigenvalue weighted by Gasteiger charge is 2.21. The number of nitrogens with zero attached hydrogens (tertiary/aromatic N) is 1. The van der Waals surface area contributed by atoms with Gasteiger partial charge in [0.15, 0.2) is 0 Å². The van der Waals surface area contributed by atoms with E-state index in [-0.39, 0.29) is 12.3 Å². The van der Waals surface area contributed by atoms with Crippen molar-refractivity contribution in [1.29, 1.82) is 5.26 Å². The van der Waals surface area contributed by atoms with Crippen molar-refractivity contribution in [1.82, 2.24) is 0 Å². The predicted molar refractivity (Wildman–Crippen MR) is 91.0 cm³/mol. The van der Waals surface area contributed by atoms with Gasteiger partial charge in [-0.3, -0.25) is 4.79 Å². The van der Waals surface area contributed by atoms with Gasteiger partial charge in [0.25, 0.3) is 0 Å². The molecule has 0 aliphatic heterocycles. The van der Waals surface area contributed by atoms with Crippen molar-refractivity contribution in [2.75, 3.05) is 12.4 Å². The van der Waals surface area contributed by atoms with E-state index < -0.39 is 0 Å². The molecule has 1 aliphatic rings. The van der Waals surface area contributed by atoms with Gasteiger partial charge in [0, 0.05) is 4.88 Å². The minimum Gasteiger partial charge on any atom is -0.497 e. The number of rotatable bonds is 4. The highest BCUT2D eigenvalue weighted by Crippen LogP contribution is 2.37. The molecule has 1 heterocycles. The molecule has 0 atom stereocenters. The minimum atomic E-state index is -0.0923. The van der Waals surface area contributed by atoms with Crippen molar-refractivity contribution in [2.45, 2.75) is 32.1 Å². The van der Waals surface area contributed by atoms with Gasteiger partial charge >= 0.3 is 0 Å². The summed E-state index contributed by atoms with van der Waals surface area (Å²) in [5.41, 5.74) is 2.72. The largest absolute Gasteiger partial charge is 0.497 e. The normalized spacial score (nSPS) is 13.0. The molecule has 0 saturated carbocycles. The Morgan fingerprint density at radius 1 is 1.30 bits per heavy atom. The number of carbonyl (C=O) groups excluding carboxylic acids is 1. The van der Waals surface area contributed by atoms with Crippen LogP contribution in [0.4, 0.5) is 5.00 Å². The molecule has 23 heavy (non-hydrogen) atoms. The zero-order chi connectivity index (χ0) is 16.2. The van der Waals surface area contributed by atoms with Crippen molar-refractivity contribution < 1.29 is 9.53 Å². The van der Waals surface area contributed by atoms with Gasteiger partial charge in [-0.15, -0.1) is 11.3 Å². The van der Waals surface area contributed by atoms with Crippen LogP contribution >= 0.6 is 11.3 Å². The second-order valence-electron chi connectivity index (χ2n) is 5.60. The number of hydrogen-bond acceptors (Lipinski definition) is 4. The number of amides is 1. The monoisotopic (exact) mass is 326 g/mol. The molecule has 3 rings (SSSR count). The van der Waals surface area contributed by atoms with Crippen molar-refractivity contribution in [3.8, 4) is 11.8 Å². The number of thiophene rings is 1. The van der Waals surface area contributed by atoms with Crippen LogP contribution in [0.1, 0.15) is 34.4 Å². The van der Waals surface area contributed by atoms with Crippen molar-refractivity contribution in [3.05, 3.63) is 45.8 Å². The Morgan fingerprint density at radius 3 is 2.74 bits per heavy atom. The van der Waals surface area contributed by atoms with Crippen molar-refractivity contribution in [3.63, 3.8) is 0 Å². The SMILES string of the molecule is COc1ccc(CC(=O)Nc2sc3c(c2C#N)CCCC3)cc1. The lowest BCUT2D eigenvalue weighted by molar-refractivity contribution is -0.115. The fourth-order valence-corrected chi connectivity index (χ4v) is 4.13. The number of anilines is 1. The maximum Gasteiger partial charge on any atom is 0.229 e. The molecule has 1 amide bonds. The van der Waals surface area contributed by atoms with Gasteiger partial charge in [0.2, 0.25) is 5.91 Å². The van der Waals surface area contributed by atoms with Crippen LogP contribution < -0.4 is 10.1 Å². The number of nitriles is 1. The zero-order valence-corrected chi connectivity index (χ0v) is 13.8. The lowest BCUT2D eigenvalue weighted by Gasteiger charge is -2.09. The van der Waals surface area contributed by atoms with Crippen LogP contribution in [0, 0.1) is 11.3 Å². The van der Waals surface area contributed by atoms with Gasteiger partial charge in [0.05, 0.1) is 19.1 Å². The molecule has 0 bridgehead atoms. The number of carbonyl (C=O) groups is 1. The maximum atomic E-state index is 12.3. The van der Waals surface area contributed by atoms with Crippen LogP contribution in [0.15, 0.2) is 24.3 Å². The molecule has 4 nitrogen and oxygen atoms in total. The van der Waals surface area contributed by atoms with Crippen molar-refractivity contribution in [2.24, 2.45) is 0 Å². The Hall–Kier alpha value is -2.32. The molecule has 118 valence electrons. The maximum absolute atomic E-state index is 12.3. The summed E-state index contributed by atoms with van der Waals surface area (Å²) >= 11 is 1.56. The predicted octanol–water partition coefficient (Wildman–Crippen LogP) is 3.69. The molecule has 0 radical (unpaired) electrons. The molecular weight excluding hydrogens is 308 g/mol. The smallest absolute Gasteiger partial charge is 0.229 e. The molecule has 1 aromatic carbocycles. The van der Waals surface area contributed by atoms with Crippen LogP contribution in [-0.2, 0) is 24.1 Å². The van der Waals surface area contributed by atoms with E-state index in [1.54, 1.807) is 18.4 Å². The van der Waals surface area contributed by atoms with E-state index in [0.717, 1.165) is 42.6 Å². The van der Waals surface area contributed by atoms with Crippen LogP contribution in [0.3, 0.4) is 0 Å². The van der Waals surface area contributed by atoms with Gasteiger partial charge < -0.3 is 10.1 Å². The third kappa shape index (κ3) is 3.38. The minimum absolute atomic E-state index is 0.0923. The van der Waals surface area contributed by atoms with Crippen LogP contribution in [0.25, 0.3) is 0 Å². The number of aryl methyl sites for hydroxylation is 1. The summed E-state index contributed by atoms with van der Waals surface area (Å²) < 4.78 is 5.11. The standard InChI is InChI=1S/C18H18N2O2S/c1-22-13-8-6-12(7-9-13)10-17(21)20-18-15(11-19)14-4-2-3-5-16(14)23-18/h6-9H,2-5,10H2,1H3,(H,20,21). The van der Waals surface area contributed by atoms with Crippen LogP contribution in [0.2, 0.25) is 0 Å². The summed E-state index contributed by atoms with van der Waals surface area (Å²) in [6, 6.07) is 9.70. The van der Waals surface area contributed by atoms with E-state index in [1.807, 2.05) is 24.3 Å². The van der Waals surface area contributed by atoms with E-state index in [2.05, 4.69) is 11.4 Å². The second kappa shape index (κ2) is 6.84. The molecule has 0 saturated heterocycles. The van der Waals surface area contributed by atoms with E-state index in [4.69, 9.17) is 4.74 Å². The second-order valence-corrected chi connectivity index (χ2v) is 6.71. The first-order chi connectivity index (χ1) is 11.2. The van der Waals surface area contributed by atoms with E-state index >= 15 is 0 Å². The third-order valence-electron chi connectivity index (χ3n) is 4.06. The molecular formula is C18H18N2O2S. The van der Waals surface area contributed by atoms with E-state index in [9.17, 15) is 10.1 Å². The molecule has 1 N–H and O–H groups in total. The first kappa shape index (κ1) is 15.6. The van der Waals surface area contributed by atoms with Crippen LogP contribution in [0.5, 0.6) is 5.75 Å². The van der Waals surface area contributed by atoms with Gasteiger partial charge in [-0.25, -0.2) is 0 Å². The lowest BCUT2D eigenvalue weighted by Crippen LogP contribution is -2.14. The summed E-state index contributed by atoms with van der Waals surface area (Å²) in [4.78, 5) is 13.5. The third-order valence-corrected chi connectivity index (χ3v) is 5.27. The molecule has 0 fully saturated rings. The number of benzene rings is 1. The fourth-order valence-electron chi connectivity index (χ4n) is 2.87. The Morgan fingerprint density at radius 2 is 2.04 bits per heavy atom. The Balaban J connectivity index is 1.72. The van der Waals surface area contributed by atoms with Crippen molar-refractivity contribution >= 4 is 22.2 Å². The summed E-state index contributed by atoms with van der Waals surface area (Å²) in [6.45, 7) is 0. The van der Waals surface area contributed by atoms with Crippen LogP contribution in [-0.4, -0.2) is 13.0 Å². The van der Waals surface area contributed by atoms with Gasteiger partial charge in [0.1, 0.15) is 16.8 Å². The quantitative estimate of drug-likeness (QED) is 0.932. The Bertz CT molecular complexity index is 757. The molecule has 5 heteroatoms.